The maximum Gasteiger partial charge on any atom is 0.337 e. The number of esters is 1. The van der Waals surface area contributed by atoms with E-state index in [2.05, 4.69) is 0 Å². The highest BCUT2D eigenvalue weighted by Crippen LogP contribution is 2.18. The van der Waals surface area contributed by atoms with Gasteiger partial charge in [0, 0.05) is 6.42 Å². The average molecular weight is 404 g/mol. The summed E-state index contributed by atoms with van der Waals surface area (Å²) in [4.78, 5) is 21.4. The van der Waals surface area contributed by atoms with Gasteiger partial charge in [-0.15, -0.1) is 0 Å². The van der Waals surface area contributed by atoms with Gasteiger partial charge in [-0.1, -0.05) is 26.0 Å². The van der Waals surface area contributed by atoms with Gasteiger partial charge in [0.25, 0.3) is 0 Å². The van der Waals surface area contributed by atoms with Crippen molar-refractivity contribution in [2.24, 2.45) is 0 Å². The molecule has 0 fully saturated rings. The molecule has 7 heteroatoms. The third kappa shape index (κ3) is 9.12. The zero-order valence-electron chi connectivity index (χ0n) is 17.0. The first-order chi connectivity index (χ1) is 13.9. The molecule has 2 aromatic rings. The second-order valence-corrected chi connectivity index (χ2v) is 5.89. The number of aliphatic carboxylic acids is 1. The van der Waals surface area contributed by atoms with E-state index < -0.39 is 12.1 Å². The molecule has 2 rings (SSSR count). The van der Waals surface area contributed by atoms with Crippen LogP contribution in [0.5, 0.6) is 17.2 Å². The van der Waals surface area contributed by atoms with Crippen LogP contribution in [-0.4, -0.2) is 35.4 Å². The fourth-order valence-electron chi connectivity index (χ4n) is 2.08. The van der Waals surface area contributed by atoms with Gasteiger partial charge in [-0.05, 0) is 55.3 Å². The predicted octanol–water partition coefficient (Wildman–Crippen LogP) is 3.99. The highest BCUT2D eigenvalue weighted by molar-refractivity contribution is 5.74. The fourth-order valence-corrected chi connectivity index (χ4v) is 2.08. The number of benzene rings is 2. The lowest BCUT2D eigenvalue weighted by Gasteiger charge is -2.07. The Balaban J connectivity index is 0.000000291. The fraction of sp³-hybridized carbons (Fsp3) is 0.364. The van der Waals surface area contributed by atoms with Gasteiger partial charge >= 0.3 is 11.9 Å². The Morgan fingerprint density at radius 1 is 0.862 bits per heavy atom. The lowest BCUT2D eigenvalue weighted by Crippen LogP contribution is -2.10. The van der Waals surface area contributed by atoms with Gasteiger partial charge in [0.05, 0.1) is 13.2 Å². The van der Waals surface area contributed by atoms with Crippen LogP contribution in [0.4, 0.5) is 0 Å². The SMILES string of the molecule is CCCOc1ccc(C(O)C(=O)O)cc1.CCOc1ccc(OC(=O)CC)cc1. The van der Waals surface area contributed by atoms with Crippen LogP contribution in [0.3, 0.4) is 0 Å². The summed E-state index contributed by atoms with van der Waals surface area (Å²) < 4.78 is 15.6. The van der Waals surface area contributed by atoms with Gasteiger partial charge in [-0.2, -0.15) is 0 Å². The van der Waals surface area contributed by atoms with Crippen molar-refractivity contribution in [2.45, 2.75) is 39.7 Å². The van der Waals surface area contributed by atoms with Gasteiger partial charge in [0.15, 0.2) is 6.10 Å². The third-order valence-electron chi connectivity index (χ3n) is 3.56. The van der Waals surface area contributed by atoms with E-state index in [4.69, 9.17) is 19.3 Å². The summed E-state index contributed by atoms with van der Waals surface area (Å²) in [5.74, 6) is 0.536. The zero-order valence-corrected chi connectivity index (χ0v) is 17.0. The highest BCUT2D eigenvalue weighted by atomic mass is 16.5. The quantitative estimate of drug-likeness (QED) is 0.481. The molecule has 158 valence electrons. The van der Waals surface area contributed by atoms with Crippen molar-refractivity contribution in [1.82, 2.24) is 0 Å². The van der Waals surface area contributed by atoms with E-state index in [1.807, 2.05) is 13.8 Å². The van der Waals surface area contributed by atoms with E-state index in [-0.39, 0.29) is 5.97 Å². The van der Waals surface area contributed by atoms with E-state index in [9.17, 15) is 14.7 Å². The molecule has 0 aliphatic carbocycles. The largest absolute Gasteiger partial charge is 0.494 e. The van der Waals surface area contributed by atoms with E-state index in [1.54, 1.807) is 55.5 Å². The summed E-state index contributed by atoms with van der Waals surface area (Å²) in [7, 11) is 0. The molecule has 2 N–H and O–H groups in total. The number of ether oxygens (including phenoxy) is 3. The third-order valence-corrected chi connectivity index (χ3v) is 3.56. The normalized spacial score (nSPS) is 10.9. The van der Waals surface area contributed by atoms with Crippen LogP contribution in [0.15, 0.2) is 48.5 Å². The number of hydrogen-bond donors (Lipinski definition) is 2. The molecule has 0 radical (unpaired) electrons. The minimum Gasteiger partial charge on any atom is -0.494 e. The molecule has 2 aromatic carbocycles. The number of hydrogen-bond acceptors (Lipinski definition) is 6. The minimum absolute atomic E-state index is 0.228. The van der Waals surface area contributed by atoms with Crippen LogP contribution in [0, 0.1) is 0 Å². The summed E-state index contributed by atoms with van der Waals surface area (Å²) >= 11 is 0. The predicted molar refractivity (Wildman–Crippen MR) is 108 cm³/mol. The topological polar surface area (TPSA) is 102 Å². The Hall–Kier alpha value is -3.06. The molecular weight excluding hydrogens is 376 g/mol. The van der Waals surface area contributed by atoms with Gasteiger partial charge in [0.1, 0.15) is 17.2 Å². The first-order valence-electron chi connectivity index (χ1n) is 9.48. The Labute approximate surface area is 170 Å². The van der Waals surface area contributed by atoms with Crippen molar-refractivity contribution < 1.29 is 34.0 Å². The van der Waals surface area contributed by atoms with Crippen molar-refractivity contribution in [2.75, 3.05) is 13.2 Å². The number of aliphatic hydroxyl groups excluding tert-OH is 1. The lowest BCUT2D eigenvalue weighted by atomic mass is 10.1. The average Bonchev–Trinajstić information content (AvgIpc) is 2.74. The summed E-state index contributed by atoms with van der Waals surface area (Å²) in [5, 5.41) is 17.8. The van der Waals surface area contributed by atoms with Crippen LogP contribution in [0.2, 0.25) is 0 Å². The summed E-state index contributed by atoms with van der Waals surface area (Å²) in [6, 6.07) is 13.4. The number of carbonyl (C=O) groups excluding carboxylic acids is 1. The minimum atomic E-state index is -1.47. The van der Waals surface area contributed by atoms with Gasteiger partial charge in [0.2, 0.25) is 0 Å². The second kappa shape index (κ2) is 13.2. The van der Waals surface area contributed by atoms with E-state index >= 15 is 0 Å². The van der Waals surface area contributed by atoms with Crippen molar-refractivity contribution in [3.8, 4) is 17.2 Å². The lowest BCUT2D eigenvalue weighted by molar-refractivity contribution is -0.147. The Kier molecular flexibility index (Phi) is 10.9. The molecule has 0 aliphatic heterocycles. The van der Waals surface area contributed by atoms with Gasteiger partial charge in [-0.3, -0.25) is 4.79 Å². The van der Waals surface area contributed by atoms with Crippen molar-refractivity contribution >= 4 is 11.9 Å². The molecule has 0 amide bonds. The molecule has 29 heavy (non-hydrogen) atoms. The Bertz CT molecular complexity index is 739. The molecule has 0 saturated carbocycles. The van der Waals surface area contributed by atoms with E-state index in [1.165, 1.54) is 0 Å². The van der Waals surface area contributed by atoms with E-state index in [0.717, 1.165) is 12.2 Å². The van der Waals surface area contributed by atoms with Crippen molar-refractivity contribution in [3.05, 3.63) is 54.1 Å². The molecule has 7 nitrogen and oxygen atoms in total. The maximum atomic E-state index is 10.9. The number of carboxylic acids is 1. The molecule has 1 unspecified atom stereocenters. The van der Waals surface area contributed by atoms with Gasteiger partial charge in [-0.25, -0.2) is 4.79 Å². The number of rotatable bonds is 9. The number of carboxylic acid groups (broad SMARTS) is 1. The Morgan fingerprint density at radius 3 is 1.86 bits per heavy atom. The van der Waals surface area contributed by atoms with Crippen LogP contribution in [-0.2, 0) is 9.59 Å². The van der Waals surface area contributed by atoms with Crippen LogP contribution in [0.1, 0.15) is 45.3 Å². The zero-order chi connectivity index (χ0) is 21.6. The monoisotopic (exact) mass is 404 g/mol. The Morgan fingerprint density at radius 2 is 1.38 bits per heavy atom. The molecule has 0 bridgehead atoms. The van der Waals surface area contributed by atoms with Crippen molar-refractivity contribution in [3.63, 3.8) is 0 Å². The molecule has 0 aromatic heterocycles. The summed E-state index contributed by atoms with van der Waals surface area (Å²) in [5.41, 5.74) is 0.353. The highest BCUT2D eigenvalue weighted by Gasteiger charge is 2.15. The second-order valence-electron chi connectivity index (χ2n) is 5.89. The summed E-state index contributed by atoms with van der Waals surface area (Å²) in [6.07, 6.45) is -0.169. The van der Waals surface area contributed by atoms with Crippen LogP contribution >= 0.6 is 0 Å². The molecular formula is C22H28O7. The molecule has 0 spiro atoms. The first kappa shape index (κ1) is 24.0. The number of carbonyl (C=O) groups is 2. The standard InChI is InChI=1S/C11H14O4.C11H14O3/c1-2-7-15-9-5-3-8(4-6-9)10(12)11(13)14;1-3-11(12)14-10-7-5-9(6-8-10)13-4-2/h3-6,10,12H,2,7H2,1H3,(H,13,14);5-8H,3-4H2,1-2H3. The van der Waals surface area contributed by atoms with E-state index in [0.29, 0.717) is 36.7 Å². The molecule has 0 heterocycles. The van der Waals surface area contributed by atoms with Gasteiger partial charge < -0.3 is 24.4 Å². The maximum absolute atomic E-state index is 10.9. The smallest absolute Gasteiger partial charge is 0.337 e. The molecule has 0 aliphatic rings. The molecule has 0 saturated heterocycles. The summed E-state index contributed by atoms with van der Waals surface area (Å²) in [6.45, 7) is 6.94. The van der Waals surface area contributed by atoms with Crippen LogP contribution in [0.25, 0.3) is 0 Å². The molecule has 1 atom stereocenters. The number of aliphatic hydroxyl groups is 1. The van der Waals surface area contributed by atoms with Crippen LogP contribution < -0.4 is 14.2 Å². The van der Waals surface area contributed by atoms with Crippen molar-refractivity contribution in [1.29, 1.82) is 0 Å². The first-order valence-corrected chi connectivity index (χ1v) is 9.48.